The minimum Gasteiger partial charge on any atom is -0.504 e. The summed E-state index contributed by atoms with van der Waals surface area (Å²) in [5.74, 6) is -3.49. The molecule has 4 saturated carbocycles. The molecule has 170 valence electrons. The van der Waals surface area contributed by atoms with Crippen LogP contribution in [0.5, 0.6) is 0 Å². The number of aliphatic hydroxyl groups is 4. The van der Waals surface area contributed by atoms with Gasteiger partial charge in [-0.2, -0.15) is 0 Å². The zero-order valence-corrected chi connectivity index (χ0v) is 18.4. The lowest BCUT2D eigenvalue weighted by Crippen LogP contribution is -2.70. The van der Waals surface area contributed by atoms with E-state index in [4.69, 9.17) is 0 Å². The van der Waals surface area contributed by atoms with Gasteiger partial charge in [0, 0.05) is 11.3 Å². The van der Waals surface area contributed by atoms with E-state index in [2.05, 4.69) is 0 Å². The van der Waals surface area contributed by atoms with Crippen molar-refractivity contribution in [1.29, 1.82) is 0 Å². The van der Waals surface area contributed by atoms with Crippen molar-refractivity contribution in [2.24, 2.45) is 39.4 Å². The summed E-state index contributed by atoms with van der Waals surface area (Å²) in [6, 6.07) is 0. The fourth-order valence-electron chi connectivity index (χ4n) is 9.33. The van der Waals surface area contributed by atoms with Crippen LogP contribution in [-0.4, -0.2) is 50.4 Å². The maximum absolute atomic E-state index is 17.2. The van der Waals surface area contributed by atoms with Gasteiger partial charge in [0.1, 0.15) is 6.61 Å². The van der Waals surface area contributed by atoms with Crippen LogP contribution in [0.1, 0.15) is 53.4 Å². The Morgan fingerprint density at radius 3 is 2.45 bits per heavy atom. The van der Waals surface area contributed by atoms with Gasteiger partial charge in [-0.05, 0) is 66.9 Å². The largest absolute Gasteiger partial charge is 0.504 e. The SMILES string of the molecule is CC1(C)C2C[C@H]3[C@@H]4CCC5=CC(O)=C(O)C(=O)[C@]5(C)C4(F)C(O)C[C@]3(C)[C@@]21C(=O)CO. The highest BCUT2D eigenvalue weighted by atomic mass is 19.1. The second-order valence-corrected chi connectivity index (χ2v) is 11.4. The highest BCUT2D eigenvalue weighted by Crippen LogP contribution is 2.88. The zero-order valence-electron chi connectivity index (χ0n) is 18.4. The number of ketones is 2. The third-order valence-corrected chi connectivity index (χ3v) is 10.6. The highest BCUT2D eigenvalue weighted by Gasteiger charge is 2.89. The molecule has 4 fully saturated rings. The second-order valence-electron chi connectivity index (χ2n) is 11.4. The Morgan fingerprint density at radius 1 is 1.19 bits per heavy atom. The van der Waals surface area contributed by atoms with Crippen LogP contribution >= 0.6 is 0 Å². The Bertz CT molecular complexity index is 983. The van der Waals surface area contributed by atoms with Gasteiger partial charge in [0.2, 0.25) is 11.5 Å². The summed E-state index contributed by atoms with van der Waals surface area (Å²) in [4.78, 5) is 26.2. The molecule has 0 aromatic heterocycles. The number of Topliss-reactive ketones (excluding diaryl/α,β-unsaturated/α-hetero) is 2. The van der Waals surface area contributed by atoms with Crippen molar-refractivity contribution in [3.8, 4) is 0 Å². The summed E-state index contributed by atoms with van der Waals surface area (Å²) in [5.41, 5.74) is -5.56. The molecule has 0 aromatic carbocycles. The molecule has 0 radical (unpaired) electrons. The Morgan fingerprint density at radius 2 is 1.84 bits per heavy atom. The molecule has 5 aliphatic rings. The molecule has 7 heteroatoms. The van der Waals surface area contributed by atoms with E-state index in [1.807, 2.05) is 20.8 Å². The molecule has 4 N–H and O–H groups in total. The van der Waals surface area contributed by atoms with Gasteiger partial charge in [-0.15, -0.1) is 0 Å². The van der Waals surface area contributed by atoms with Crippen molar-refractivity contribution in [2.45, 2.75) is 65.2 Å². The molecule has 0 bridgehead atoms. The van der Waals surface area contributed by atoms with Crippen LogP contribution in [0.2, 0.25) is 0 Å². The topological polar surface area (TPSA) is 115 Å². The van der Waals surface area contributed by atoms with Crippen LogP contribution in [0.3, 0.4) is 0 Å². The van der Waals surface area contributed by atoms with E-state index < -0.39 is 57.8 Å². The molecule has 3 unspecified atom stereocenters. The zero-order chi connectivity index (χ0) is 22.9. The molecule has 6 nitrogen and oxygen atoms in total. The summed E-state index contributed by atoms with van der Waals surface area (Å²) in [5, 5.41) is 41.2. The van der Waals surface area contributed by atoms with E-state index in [1.54, 1.807) is 0 Å². The third kappa shape index (κ3) is 1.83. The van der Waals surface area contributed by atoms with E-state index in [1.165, 1.54) is 13.0 Å². The number of rotatable bonds is 2. The molecule has 0 saturated heterocycles. The first-order valence-corrected chi connectivity index (χ1v) is 11.2. The van der Waals surface area contributed by atoms with Crippen molar-refractivity contribution in [3.63, 3.8) is 0 Å². The number of carbonyl (C=O) groups is 2. The van der Waals surface area contributed by atoms with Gasteiger partial charge in [-0.25, -0.2) is 4.39 Å². The van der Waals surface area contributed by atoms with Crippen LogP contribution in [0.15, 0.2) is 23.2 Å². The van der Waals surface area contributed by atoms with E-state index in [0.29, 0.717) is 24.8 Å². The van der Waals surface area contributed by atoms with E-state index in [9.17, 15) is 30.0 Å². The number of allylic oxidation sites excluding steroid dienone is 3. The quantitative estimate of drug-likeness (QED) is 0.531. The van der Waals surface area contributed by atoms with Gasteiger partial charge >= 0.3 is 0 Å². The number of alkyl halides is 1. The number of fused-ring (bicyclic) bond motifs is 7. The first kappa shape index (κ1) is 21.1. The predicted molar refractivity (Wildman–Crippen MR) is 109 cm³/mol. The molecule has 0 aliphatic heterocycles. The predicted octanol–water partition coefficient (Wildman–Crippen LogP) is 2.94. The molecule has 0 amide bonds. The van der Waals surface area contributed by atoms with Crippen molar-refractivity contribution in [3.05, 3.63) is 23.2 Å². The van der Waals surface area contributed by atoms with E-state index >= 15 is 4.39 Å². The van der Waals surface area contributed by atoms with Gasteiger partial charge in [-0.1, -0.05) is 20.8 Å². The van der Waals surface area contributed by atoms with Crippen LogP contribution in [0, 0.1) is 39.4 Å². The lowest BCUT2D eigenvalue weighted by atomic mass is 9.42. The molecular weight excluding hydrogens is 403 g/mol. The Labute approximate surface area is 180 Å². The summed E-state index contributed by atoms with van der Waals surface area (Å²) >= 11 is 0. The number of hydrogen-bond donors (Lipinski definition) is 4. The van der Waals surface area contributed by atoms with Crippen LogP contribution in [0.25, 0.3) is 0 Å². The average molecular weight is 435 g/mol. The number of hydrogen-bond acceptors (Lipinski definition) is 6. The Hall–Kier alpha value is -1.73. The Balaban J connectivity index is 1.65. The third-order valence-electron chi connectivity index (χ3n) is 10.6. The Kier molecular flexibility index (Phi) is 3.82. The molecule has 31 heavy (non-hydrogen) atoms. The summed E-state index contributed by atoms with van der Waals surface area (Å²) in [6.07, 6.45) is 1.10. The van der Waals surface area contributed by atoms with Crippen molar-refractivity contribution >= 4 is 11.6 Å². The molecule has 5 aliphatic carbocycles. The first-order valence-electron chi connectivity index (χ1n) is 11.2. The number of carbonyl (C=O) groups excluding carboxylic acids is 2. The maximum Gasteiger partial charge on any atom is 0.214 e. The number of halogens is 1. The van der Waals surface area contributed by atoms with Gasteiger partial charge < -0.3 is 20.4 Å². The first-order chi connectivity index (χ1) is 14.3. The monoisotopic (exact) mass is 434 g/mol. The minimum absolute atomic E-state index is 0.00292. The normalized spacial score (nSPS) is 52.0. The van der Waals surface area contributed by atoms with Gasteiger partial charge in [0.05, 0.1) is 11.5 Å². The lowest BCUT2D eigenvalue weighted by molar-refractivity contribution is -0.215. The smallest absolute Gasteiger partial charge is 0.214 e. The molecule has 8 atom stereocenters. The van der Waals surface area contributed by atoms with Crippen molar-refractivity contribution in [2.75, 3.05) is 6.61 Å². The highest BCUT2D eigenvalue weighted by molar-refractivity contribution is 6.03. The number of aliphatic hydroxyl groups excluding tert-OH is 4. The minimum atomic E-state index is -2.32. The molecule has 0 spiro atoms. The summed E-state index contributed by atoms with van der Waals surface area (Å²) in [7, 11) is 0. The average Bonchev–Trinajstić information content (AvgIpc) is 3.05. The second kappa shape index (κ2) is 5.60. The van der Waals surface area contributed by atoms with Gasteiger partial charge in [-0.3, -0.25) is 9.59 Å². The standard InChI is InChI=1S/C24H31FO6/c1-20(2)15-8-13-12-6-5-11-7-14(27)18(30)19(31)22(11,4)24(12,25)16(28)9-21(13,3)23(15,20)17(29)10-26/h7,12-13,15-16,26-28,30H,5-6,8-10H2,1-4H3/t12-,13-,15?,16?,21-,22+,23+,24?/m0/s1. The maximum atomic E-state index is 17.2. The van der Waals surface area contributed by atoms with Gasteiger partial charge in [0.15, 0.2) is 17.2 Å². The molecule has 0 aromatic rings. The van der Waals surface area contributed by atoms with Crippen molar-refractivity contribution in [1.82, 2.24) is 0 Å². The van der Waals surface area contributed by atoms with E-state index in [0.717, 1.165) is 0 Å². The fraction of sp³-hybridized carbons (Fsp3) is 0.750. The van der Waals surface area contributed by atoms with Crippen LogP contribution < -0.4 is 0 Å². The molecular formula is C24H31FO6. The lowest BCUT2D eigenvalue weighted by Gasteiger charge is -2.63. The van der Waals surface area contributed by atoms with E-state index in [-0.39, 0.29) is 29.5 Å². The fourth-order valence-corrected chi connectivity index (χ4v) is 9.33. The van der Waals surface area contributed by atoms with Gasteiger partial charge in [0.25, 0.3) is 0 Å². The summed E-state index contributed by atoms with van der Waals surface area (Å²) in [6.45, 7) is 6.81. The summed E-state index contributed by atoms with van der Waals surface area (Å²) < 4.78 is 17.2. The van der Waals surface area contributed by atoms with Crippen LogP contribution in [0.4, 0.5) is 4.39 Å². The van der Waals surface area contributed by atoms with Crippen LogP contribution in [-0.2, 0) is 9.59 Å². The van der Waals surface area contributed by atoms with Crippen molar-refractivity contribution < 1.29 is 34.4 Å². The molecule has 0 heterocycles. The molecule has 5 rings (SSSR count).